The number of amides is 2. The van der Waals surface area contributed by atoms with Gasteiger partial charge in [0.05, 0.1) is 0 Å². The van der Waals surface area contributed by atoms with Crippen molar-refractivity contribution in [2.45, 2.75) is 23.8 Å². The van der Waals surface area contributed by atoms with E-state index in [0.29, 0.717) is 24.3 Å². The zero-order valence-electron chi connectivity index (χ0n) is 28.8. The van der Waals surface area contributed by atoms with Gasteiger partial charge in [-0.05, 0) is 35.4 Å². The van der Waals surface area contributed by atoms with E-state index < -0.39 is 144 Å². The molecule has 0 saturated carbocycles. The van der Waals surface area contributed by atoms with Gasteiger partial charge in [0, 0.05) is 11.1 Å². The van der Waals surface area contributed by atoms with Crippen LogP contribution in [0.15, 0.2) is 48.5 Å². The standard InChI is InChI=1S/C22H22N2O32S6/c23-15(25)21(55-61(43,44)45,17(51-57(31,32)33)52-58(34,35)36)13(9-1-5-11(6-2-9)49-19(27)28)14(10-3-7-12(8-4-10)50-20(29)30)22(16(24)26,56-62(46,47)48)18(53-59(37,38)39)54-60(40,41)42/h1-8,17-18H,(H2,23,25)(H2,24,26)(H,27,28)(H,29,30)(H,31,32,33)(H,34,35,36)(H,37,38,39)(H,40,41,42)(H,43,44,45)(H,46,47,48)/b14-13-. The van der Waals surface area contributed by atoms with Gasteiger partial charge in [0.2, 0.25) is 23.8 Å². The van der Waals surface area contributed by atoms with E-state index in [4.69, 9.17) is 21.7 Å². The van der Waals surface area contributed by atoms with Gasteiger partial charge in [0.1, 0.15) is 11.5 Å². The molecule has 34 nitrogen and oxygen atoms in total. The summed E-state index contributed by atoms with van der Waals surface area (Å²) in [5, 5.41) is 18.1. The molecule has 0 heterocycles. The summed E-state index contributed by atoms with van der Waals surface area (Å²) in [7, 11) is -40.3. The minimum atomic E-state index is -6.87. The third kappa shape index (κ3) is 15.1. The van der Waals surface area contributed by atoms with Crippen molar-refractivity contribution in [2.75, 3.05) is 0 Å². The number of primary amides is 2. The van der Waals surface area contributed by atoms with E-state index in [-0.39, 0.29) is 24.3 Å². The van der Waals surface area contributed by atoms with Crippen molar-refractivity contribution >= 4 is 97.7 Å². The van der Waals surface area contributed by atoms with Gasteiger partial charge in [-0.25, -0.2) is 34.7 Å². The Balaban J connectivity index is 4.02. The normalized spacial score (nSPS) is 15.5. The number of benzene rings is 2. The van der Waals surface area contributed by atoms with Crippen LogP contribution in [0.25, 0.3) is 11.1 Å². The van der Waals surface area contributed by atoms with Crippen LogP contribution in [0, 0.1) is 0 Å². The third-order valence-corrected chi connectivity index (χ3v) is 9.01. The second-order valence-corrected chi connectivity index (χ2v) is 16.8. The topological polar surface area (TPSA) is 561 Å². The monoisotopic (exact) mass is 1020 g/mol. The maximum atomic E-state index is 13.8. The predicted molar refractivity (Wildman–Crippen MR) is 184 cm³/mol. The molecule has 12 N–H and O–H groups in total. The van der Waals surface area contributed by atoms with Crippen LogP contribution in [0.4, 0.5) is 9.59 Å². The van der Waals surface area contributed by atoms with Gasteiger partial charge in [-0.3, -0.25) is 36.9 Å². The number of ether oxygens (including phenoxy) is 2. The van der Waals surface area contributed by atoms with Crippen LogP contribution < -0.4 is 20.9 Å². The first-order chi connectivity index (χ1) is 27.7. The lowest BCUT2D eigenvalue weighted by Gasteiger charge is -2.42. The zero-order valence-corrected chi connectivity index (χ0v) is 33.7. The number of carboxylic acid groups (broad SMARTS) is 2. The smallest absolute Gasteiger partial charge is 0.449 e. The molecule has 2 unspecified atom stereocenters. The van der Waals surface area contributed by atoms with Crippen LogP contribution in [0.3, 0.4) is 0 Å². The molecular weight excluding hydrogens is 997 g/mol. The Kier molecular flexibility index (Phi) is 16.0. The van der Waals surface area contributed by atoms with Crippen LogP contribution in [-0.2, 0) is 97.1 Å². The van der Waals surface area contributed by atoms with Gasteiger partial charge in [-0.1, -0.05) is 24.3 Å². The molecular formula is C22H22N2O32S6. The van der Waals surface area contributed by atoms with Crippen molar-refractivity contribution in [3.63, 3.8) is 0 Å². The maximum absolute atomic E-state index is 13.8. The molecule has 0 fully saturated rings. The van der Waals surface area contributed by atoms with E-state index in [1.807, 2.05) is 0 Å². The molecule has 0 aliphatic heterocycles. The van der Waals surface area contributed by atoms with Crippen LogP contribution in [0.5, 0.6) is 11.5 Å². The summed E-state index contributed by atoms with van der Waals surface area (Å²) in [6.07, 6.45) is -13.3. The van der Waals surface area contributed by atoms with E-state index in [1.54, 1.807) is 0 Å². The summed E-state index contributed by atoms with van der Waals surface area (Å²) in [4.78, 5) is 50.0. The molecule has 0 spiro atoms. The molecule has 0 aliphatic rings. The van der Waals surface area contributed by atoms with Gasteiger partial charge < -0.3 is 31.2 Å². The van der Waals surface area contributed by atoms with E-state index in [0.717, 1.165) is 0 Å². The van der Waals surface area contributed by atoms with E-state index in [9.17, 15) is 97.0 Å². The maximum Gasteiger partial charge on any atom is 0.511 e. The highest BCUT2D eigenvalue weighted by Crippen LogP contribution is 2.50. The van der Waals surface area contributed by atoms with Crippen molar-refractivity contribution in [1.82, 2.24) is 0 Å². The molecule has 0 aromatic heterocycles. The van der Waals surface area contributed by atoms with Crippen molar-refractivity contribution in [1.29, 1.82) is 0 Å². The number of hydrogen-bond acceptors (Lipinski definition) is 24. The predicted octanol–water partition coefficient (Wildman–Crippen LogP) is -3.27. The number of carbonyl (C=O) groups is 4. The Hall–Kier alpha value is -5.12. The molecule has 0 bridgehead atoms. The molecule has 62 heavy (non-hydrogen) atoms. The lowest BCUT2D eigenvalue weighted by Crippen LogP contribution is -2.63. The lowest BCUT2D eigenvalue weighted by atomic mass is 9.74. The second kappa shape index (κ2) is 18.7. The first kappa shape index (κ1) is 53.0. The van der Waals surface area contributed by atoms with Crippen molar-refractivity contribution in [3.05, 3.63) is 59.7 Å². The summed E-state index contributed by atoms with van der Waals surface area (Å²) in [5.74, 6) is -7.81. The molecule has 2 aromatic carbocycles. The number of carbonyl (C=O) groups excluding carboxylic acids is 2. The first-order valence-corrected chi connectivity index (χ1v) is 22.3. The molecule has 2 atom stereocenters. The van der Waals surface area contributed by atoms with Gasteiger partial charge in [0.15, 0.2) is 0 Å². The van der Waals surface area contributed by atoms with Crippen molar-refractivity contribution in [2.24, 2.45) is 11.5 Å². The Labute approximate surface area is 344 Å². The van der Waals surface area contributed by atoms with Crippen molar-refractivity contribution in [3.8, 4) is 11.5 Å². The average Bonchev–Trinajstić information content (AvgIpc) is 3.01. The Morgan fingerprint density at radius 3 is 0.823 bits per heavy atom. The number of rotatable bonds is 22. The summed E-state index contributed by atoms with van der Waals surface area (Å²) in [6, 6.07) is 2.07. The highest BCUT2D eigenvalue weighted by molar-refractivity contribution is 7.82. The quantitative estimate of drug-likeness (QED) is 0.0182. The number of hydrogen-bond donors (Lipinski definition) is 10. The second-order valence-electron chi connectivity index (χ2n) is 10.5. The van der Waals surface area contributed by atoms with Crippen LogP contribution in [0.2, 0.25) is 0 Å². The lowest BCUT2D eigenvalue weighted by molar-refractivity contribution is -0.156. The van der Waals surface area contributed by atoms with Crippen LogP contribution in [-0.4, -0.2) is 136 Å². The fourth-order valence-corrected chi connectivity index (χ4v) is 7.54. The summed E-state index contributed by atoms with van der Waals surface area (Å²) >= 11 is 0. The summed E-state index contributed by atoms with van der Waals surface area (Å²) in [5.41, 5.74) is -7.74. The fraction of sp³-hybridized carbons (Fsp3) is 0.182. The largest absolute Gasteiger partial charge is 0.511 e. The van der Waals surface area contributed by atoms with Crippen molar-refractivity contribution < 1.29 is 142 Å². The molecule has 40 heteroatoms. The molecule has 0 aliphatic carbocycles. The van der Waals surface area contributed by atoms with E-state index in [2.05, 4.69) is 34.6 Å². The molecule has 0 radical (unpaired) electrons. The van der Waals surface area contributed by atoms with Gasteiger partial charge in [0.25, 0.3) is 11.8 Å². The number of nitrogens with two attached hydrogens (primary N) is 2. The summed E-state index contributed by atoms with van der Waals surface area (Å²) in [6.45, 7) is 0. The fourth-order valence-electron chi connectivity index (χ4n) is 4.71. The van der Waals surface area contributed by atoms with Crippen LogP contribution >= 0.6 is 0 Å². The highest BCUT2D eigenvalue weighted by Gasteiger charge is 2.65. The van der Waals surface area contributed by atoms with Gasteiger partial charge >= 0.3 is 74.7 Å². The van der Waals surface area contributed by atoms with E-state index >= 15 is 0 Å². The molecule has 348 valence electrons. The SMILES string of the molecule is NC(=O)C(OS(=O)(=O)O)(/C(=C(/c1ccc(OC(=O)O)cc1)C(OS(=O)(=O)O)(C(N)=O)C(OS(=O)(=O)O)OS(=O)(=O)O)c1ccc(OC(=O)O)cc1)C(OS(=O)(=O)O)OS(=O)(=O)O. The Bertz CT molecular complexity index is 2540. The minimum absolute atomic E-state index is 0.181. The summed E-state index contributed by atoms with van der Waals surface area (Å²) < 4.78 is 238. The highest BCUT2D eigenvalue weighted by atomic mass is 32.3. The average molecular weight is 1020 g/mol. The van der Waals surface area contributed by atoms with Gasteiger partial charge in [-0.15, -0.1) is 0 Å². The Morgan fingerprint density at radius 2 is 0.661 bits per heavy atom. The molecule has 2 rings (SSSR count). The zero-order chi connectivity index (χ0) is 48.2. The van der Waals surface area contributed by atoms with Crippen LogP contribution in [0.1, 0.15) is 11.1 Å². The molecule has 2 amide bonds. The Morgan fingerprint density at radius 1 is 0.435 bits per heavy atom. The van der Waals surface area contributed by atoms with Gasteiger partial charge in [-0.2, -0.15) is 50.5 Å². The first-order valence-electron chi connectivity index (χ1n) is 14.1. The molecule has 0 saturated heterocycles. The third-order valence-electron chi connectivity index (χ3n) is 6.39. The van der Waals surface area contributed by atoms with E-state index in [1.165, 1.54) is 0 Å². The minimum Gasteiger partial charge on any atom is -0.449 e. The molecule has 2 aromatic rings.